The zero-order valence-electron chi connectivity index (χ0n) is 13.8. The van der Waals surface area contributed by atoms with Crippen LogP contribution in [0.25, 0.3) is 0 Å². The van der Waals surface area contributed by atoms with E-state index < -0.39 is 26.7 Å². The number of methoxy groups -OCH3 is 1. The fourth-order valence-electron chi connectivity index (χ4n) is 1.92. The molecule has 0 aliphatic carbocycles. The number of aryl methyl sites for hydroxylation is 1. The van der Waals surface area contributed by atoms with E-state index in [1.165, 1.54) is 17.5 Å². The summed E-state index contributed by atoms with van der Waals surface area (Å²) >= 11 is 0.799. The Morgan fingerprint density at radius 1 is 1.23 bits per heavy atom. The van der Waals surface area contributed by atoms with Crippen LogP contribution in [-0.2, 0) is 19.0 Å². The van der Waals surface area contributed by atoms with Gasteiger partial charge in [-0.25, -0.2) is 4.79 Å². The molecule has 0 saturated carbocycles. The van der Waals surface area contributed by atoms with Gasteiger partial charge in [0.25, 0.3) is 10.1 Å². The molecule has 0 atom stereocenters. The number of carbonyl (C=O) groups is 1. The summed E-state index contributed by atoms with van der Waals surface area (Å²) in [5, 5.41) is 12.4. The van der Waals surface area contributed by atoms with Gasteiger partial charge in [0.1, 0.15) is 13.2 Å². The number of hydrogen-bond donors (Lipinski definition) is 0. The molecule has 0 amide bonds. The van der Waals surface area contributed by atoms with Crippen molar-refractivity contribution in [2.45, 2.75) is 11.8 Å². The Labute approximate surface area is 153 Å². The van der Waals surface area contributed by atoms with Crippen LogP contribution < -0.4 is 4.74 Å². The van der Waals surface area contributed by atoms with Crippen molar-refractivity contribution < 1.29 is 31.8 Å². The van der Waals surface area contributed by atoms with E-state index in [-0.39, 0.29) is 28.7 Å². The van der Waals surface area contributed by atoms with Crippen LogP contribution in [0.3, 0.4) is 0 Å². The lowest BCUT2D eigenvalue weighted by atomic mass is 10.2. The third-order valence-corrected chi connectivity index (χ3v) is 5.43. The van der Waals surface area contributed by atoms with Gasteiger partial charge in [0.15, 0.2) is 4.88 Å². The Kier molecular flexibility index (Phi) is 6.29. The summed E-state index contributed by atoms with van der Waals surface area (Å²) in [4.78, 5) is 21.7. The molecule has 11 heteroatoms. The van der Waals surface area contributed by atoms with Gasteiger partial charge in [0.2, 0.25) is 5.75 Å². The molecule has 26 heavy (non-hydrogen) atoms. The lowest BCUT2D eigenvalue weighted by molar-refractivity contribution is -0.385. The van der Waals surface area contributed by atoms with Gasteiger partial charge in [-0.1, -0.05) is 17.7 Å². The fraction of sp³-hybridized carbons (Fsp3) is 0.267. The number of nitro groups is 1. The van der Waals surface area contributed by atoms with Crippen LogP contribution in [0.4, 0.5) is 5.69 Å². The first-order valence-corrected chi connectivity index (χ1v) is 9.48. The number of hydrogen-bond acceptors (Lipinski definition) is 9. The summed E-state index contributed by atoms with van der Waals surface area (Å²) in [6.45, 7) is 1.21. The summed E-state index contributed by atoms with van der Waals surface area (Å²) in [5.74, 6) is -1.01. The SMILES string of the molecule is COC(=O)c1scc(OCCOS(=O)(=O)c2ccc(C)cc2)c1[N+](=O)[O-]. The second-order valence-corrected chi connectivity index (χ2v) is 7.46. The van der Waals surface area contributed by atoms with Crippen molar-refractivity contribution in [1.29, 1.82) is 0 Å². The average molecular weight is 401 g/mol. The summed E-state index contributed by atoms with van der Waals surface area (Å²) in [6, 6.07) is 6.10. The molecule has 0 unspecified atom stereocenters. The molecule has 1 aromatic carbocycles. The standard InChI is InChI=1S/C15H15NO8S2/c1-10-3-5-11(6-4-10)26(20,21)24-8-7-23-12-9-25-14(15(17)22-2)13(12)16(18)19/h3-6,9H,7-8H2,1-2H3. The summed E-state index contributed by atoms with van der Waals surface area (Å²) in [6.07, 6.45) is 0. The van der Waals surface area contributed by atoms with Gasteiger partial charge in [0.05, 0.1) is 16.9 Å². The van der Waals surface area contributed by atoms with Gasteiger partial charge in [-0.05, 0) is 19.1 Å². The Morgan fingerprint density at radius 2 is 1.88 bits per heavy atom. The molecule has 0 fully saturated rings. The third-order valence-electron chi connectivity index (χ3n) is 3.17. The zero-order chi connectivity index (χ0) is 19.3. The highest BCUT2D eigenvalue weighted by Gasteiger charge is 2.29. The van der Waals surface area contributed by atoms with Gasteiger partial charge < -0.3 is 9.47 Å². The van der Waals surface area contributed by atoms with Crippen molar-refractivity contribution in [3.05, 3.63) is 50.2 Å². The Bertz CT molecular complexity index is 902. The van der Waals surface area contributed by atoms with Gasteiger partial charge in [-0.2, -0.15) is 8.42 Å². The number of carbonyl (C=O) groups excluding carboxylic acids is 1. The molecular formula is C15H15NO8S2. The van der Waals surface area contributed by atoms with E-state index in [1.807, 2.05) is 6.92 Å². The van der Waals surface area contributed by atoms with E-state index in [4.69, 9.17) is 8.92 Å². The van der Waals surface area contributed by atoms with Crippen molar-refractivity contribution in [1.82, 2.24) is 0 Å². The number of ether oxygens (including phenoxy) is 2. The highest BCUT2D eigenvalue weighted by atomic mass is 32.2. The Morgan fingerprint density at radius 3 is 2.46 bits per heavy atom. The largest absolute Gasteiger partial charge is 0.484 e. The number of thiophene rings is 1. The van der Waals surface area contributed by atoms with E-state index in [0.717, 1.165) is 24.0 Å². The molecule has 9 nitrogen and oxygen atoms in total. The van der Waals surface area contributed by atoms with Crippen LogP contribution in [-0.4, -0.2) is 39.6 Å². The fourth-order valence-corrected chi connectivity index (χ4v) is 3.68. The maximum Gasteiger partial charge on any atom is 0.355 e. The average Bonchev–Trinajstić information content (AvgIpc) is 3.02. The lowest BCUT2D eigenvalue weighted by Crippen LogP contribution is -2.13. The van der Waals surface area contributed by atoms with Crippen LogP contribution in [0.15, 0.2) is 34.5 Å². The minimum atomic E-state index is -3.96. The summed E-state index contributed by atoms with van der Waals surface area (Å²) in [5.41, 5.74) is 0.377. The molecule has 2 rings (SSSR count). The first kappa shape index (κ1) is 19.8. The zero-order valence-corrected chi connectivity index (χ0v) is 15.5. The van der Waals surface area contributed by atoms with E-state index in [0.29, 0.717) is 0 Å². The second kappa shape index (κ2) is 8.25. The smallest absolute Gasteiger partial charge is 0.355 e. The van der Waals surface area contributed by atoms with Gasteiger partial charge in [-0.15, -0.1) is 11.3 Å². The topological polar surface area (TPSA) is 122 Å². The molecular weight excluding hydrogens is 386 g/mol. The monoisotopic (exact) mass is 401 g/mol. The van der Waals surface area contributed by atoms with Gasteiger partial charge >= 0.3 is 11.7 Å². The predicted molar refractivity (Wildman–Crippen MR) is 92.1 cm³/mol. The molecule has 0 radical (unpaired) electrons. The number of benzene rings is 1. The summed E-state index contributed by atoms with van der Waals surface area (Å²) in [7, 11) is -2.85. The molecule has 0 aliphatic rings. The normalized spacial score (nSPS) is 11.2. The minimum Gasteiger partial charge on any atom is -0.484 e. The molecule has 1 aromatic heterocycles. The van der Waals surface area contributed by atoms with Crippen LogP contribution in [0, 0.1) is 17.0 Å². The number of nitrogens with zero attached hydrogens (tertiary/aromatic N) is 1. The van der Waals surface area contributed by atoms with Gasteiger partial charge in [-0.3, -0.25) is 14.3 Å². The Hall–Kier alpha value is -2.50. The molecule has 0 aliphatic heterocycles. The lowest BCUT2D eigenvalue weighted by Gasteiger charge is -2.07. The van der Waals surface area contributed by atoms with E-state index in [9.17, 15) is 23.3 Å². The first-order chi connectivity index (χ1) is 12.3. The quantitative estimate of drug-likeness (QED) is 0.217. The molecule has 140 valence electrons. The summed E-state index contributed by atoms with van der Waals surface area (Å²) < 4.78 is 38.5. The van der Waals surface area contributed by atoms with E-state index in [1.54, 1.807) is 12.1 Å². The van der Waals surface area contributed by atoms with Crippen LogP contribution in [0.1, 0.15) is 15.2 Å². The van der Waals surface area contributed by atoms with Gasteiger partial charge in [0, 0.05) is 5.38 Å². The Balaban J connectivity index is 2.00. The van der Waals surface area contributed by atoms with Crippen molar-refractivity contribution in [2.75, 3.05) is 20.3 Å². The predicted octanol–water partition coefficient (Wildman–Crippen LogP) is 2.54. The van der Waals surface area contributed by atoms with Crippen molar-refractivity contribution in [2.24, 2.45) is 0 Å². The maximum absolute atomic E-state index is 12.0. The second-order valence-electron chi connectivity index (χ2n) is 4.96. The molecule has 0 saturated heterocycles. The third kappa shape index (κ3) is 4.56. The van der Waals surface area contributed by atoms with Crippen molar-refractivity contribution >= 4 is 33.1 Å². The molecule has 1 heterocycles. The van der Waals surface area contributed by atoms with E-state index >= 15 is 0 Å². The van der Waals surface area contributed by atoms with Crippen molar-refractivity contribution in [3.8, 4) is 5.75 Å². The first-order valence-electron chi connectivity index (χ1n) is 7.19. The highest BCUT2D eigenvalue weighted by Crippen LogP contribution is 2.37. The maximum atomic E-state index is 12.0. The highest BCUT2D eigenvalue weighted by molar-refractivity contribution is 7.86. The van der Waals surface area contributed by atoms with Crippen LogP contribution >= 0.6 is 11.3 Å². The number of esters is 1. The van der Waals surface area contributed by atoms with E-state index in [2.05, 4.69) is 4.74 Å². The van der Waals surface area contributed by atoms with Crippen LogP contribution in [0.5, 0.6) is 5.75 Å². The van der Waals surface area contributed by atoms with Crippen LogP contribution in [0.2, 0.25) is 0 Å². The minimum absolute atomic E-state index is 0.00223. The van der Waals surface area contributed by atoms with Crippen molar-refractivity contribution in [3.63, 3.8) is 0 Å². The molecule has 0 spiro atoms. The number of rotatable bonds is 8. The molecule has 2 aromatic rings. The molecule has 0 N–H and O–H groups in total. The molecule has 0 bridgehead atoms.